The van der Waals surface area contributed by atoms with Crippen molar-refractivity contribution < 1.29 is 9.90 Å². The van der Waals surface area contributed by atoms with Crippen molar-refractivity contribution in [2.75, 3.05) is 13.1 Å². The molecule has 0 saturated carbocycles. The molecule has 0 aromatic heterocycles. The van der Waals surface area contributed by atoms with E-state index < -0.39 is 0 Å². The number of amides is 1. The fourth-order valence-corrected chi connectivity index (χ4v) is 2.21. The van der Waals surface area contributed by atoms with Gasteiger partial charge in [-0.2, -0.15) is 0 Å². The van der Waals surface area contributed by atoms with E-state index in [1.165, 1.54) is 0 Å². The molecule has 1 fully saturated rings. The van der Waals surface area contributed by atoms with Gasteiger partial charge in [0.2, 0.25) is 0 Å². The summed E-state index contributed by atoms with van der Waals surface area (Å²) in [6.07, 6.45) is 2.11. The highest BCUT2D eigenvalue weighted by molar-refractivity contribution is 5.97. The number of benzene rings is 1. The molecule has 1 aliphatic rings. The molecule has 2 rings (SSSR count). The first-order valence-electron chi connectivity index (χ1n) is 6.17. The summed E-state index contributed by atoms with van der Waals surface area (Å²) in [5.74, 6) is 0.777. The molecule has 1 aromatic carbocycles. The average molecular weight is 233 g/mol. The third-order valence-electron chi connectivity index (χ3n) is 3.54. The van der Waals surface area contributed by atoms with Crippen LogP contribution in [0.1, 0.15) is 35.7 Å². The maximum absolute atomic E-state index is 12.2. The Labute approximate surface area is 102 Å². The van der Waals surface area contributed by atoms with Gasteiger partial charge >= 0.3 is 0 Å². The van der Waals surface area contributed by atoms with Crippen LogP contribution in [0.4, 0.5) is 0 Å². The van der Waals surface area contributed by atoms with E-state index in [0.717, 1.165) is 31.5 Å². The summed E-state index contributed by atoms with van der Waals surface area (Å²) < 4.78 is 0. The minimum atomic E-state index is -0.0434. The van der Waals surface area contributed by atoms with E-state index >= 15 is 0 Å². The monoisotopic (exact) mass is 233 g/mol. The van der Waals surface area contributed by atoms with Crippen molar-refractivity contribution in [3.05, 3.63) is 29.3 Å². The number of rotatable bonds is 1. The average Bonchev–Trinajstić information content (AvgIpc) is 2.33. The Hall–Kier alpha value is -1.51. The molecular weight excluding hydrogens is 214 g/mol. The van der Waals surface area contributed by atoms with E-state index in [0.29, 0.717) is 11.5 Å². The lowest BCUT2D eigenvalue weighted by atomic mass is 9.98. The Bertz CT molecular complexity index is 420. The van der Waals surface area contributed by atoms with Crippen molar-refractivity contribution in [3.8, 4) is 5.75 Å². The first kappa shape index (κ1) is 12.0. The molecule has 1 amide bonds. The van der Waals surface area contributed by atoms with Crippen LogP contribution < -0.4 is 0 Å². The minimum Gasteiger partial charge on any atom is -0.507 e. The van der Waals surface area contributed by atoms with Gasteiger partial charge in [0.1, 0.15) is 5.75 Å². The quantitative estimate of drug-likeness (QED) is 0.810. The summed E-state index contributed by atoms with van der Waals surface area (Å²) >= 11 is 0. The minimum absolute atomic E-state index is 0.0434. The Morgan fingerprint density at radius 1 is 1.35 bits per heavy atom. The smallest absolute Gasteiger partial charge is 0.257 e. The van der Waals surface area contributed by atoms with Gasteiger partial charge in [-0.05, 0) is 37.3 Å². The number of carbonyl (C=O) groups excluding carboxylic acids is 1. The predicted molar refractivity (Wildman–Crippen MR) is 67.1 cm³/mol. The van der Waals surface area contributed by atoms with Crippen molar-refractivity contribution in [1.82, 2.24) is 4.90 Å². The zero-order valence-corrected chi connectivity index (χ0v) is 10.4. The maximum Gasteiger partial charge on any atom is 0.257 e. The van der Waals surface area contributed by atoms with Crippen molar-refractivity contribution in [2.45, 2.75) is 26.7 Å². The number of nitrogens with zero attached hydrogens (tertiary/aromatic N) is 1. The number of para-hydroxylation sites is 1. The summed E-state index contributed by atoms with van der Waals surface area (Å²) in [6.45, 7) is 5.62. The van der Waals surface area contributed by atoms with Crippen molar-refractivity contribution in [1.29, 1.82) is 0 Å². The van der Waals surface area contributed by atoms with Crippen molar-refractivity contribution >= 4 is 5.91 Å². The summed E-state index contributed by atoms with van der Waals surface area (Å²) in [7, 11) is 0. The number of aromatic hydroxyl groups is 1. The van der Waals surface area contributed by atoms with Crippen LogP contribution in [0.5, 0.6) is 5.75 Å². The number of carbonyl (C=O) groups is 1. The molecule has 1 N–H and O–H groups in total. The van der Waals surface area contributed by atoms with Crippen LogP contribution in [0.3, 0.4) is 0 Å². The van der Waals surface area contributed by atoms with Gasteiger partial charge in [0.25, 0.3) is 5.91 Å². The Balaban J connectivity index is 2.17. The Kier molecular flexibility index (Phi) is 3.36. The third kappa shape index (κ3) is 2.43. The van der Waals surface area contributed by atoms with Crippen LogP contribution in [0, 0.1) is 12.8 Å². The molecule has 0 atom stereocenters. The Morgan fingerprint density at radius 3 is 2.65 bits per heavy atom. The van der Waals surface area contributed by atoms with Gasteiger partial charge in [-0.15, -0.1) is 0 Å². The molecule has 0 bridgehead atoms. The van der Waals surface area contributed by atoms with Gasteiger partial charge in [0.15, 0.2) is 0 Å². The molecule has 0 spiro atoms. The highest BCUT2D eigenvalue weighted by Gasteiger charge is 2.23. The zero-order valence-electron chi connectivity index (χ0n) is 10.4. The molecule has 3 nitrogen and oxygen atoms in total. The standard InChI is InChI=1S/C14H19NO2/c1-10-6-8-15(9-7-10)14(17)12-5-3-4-11(2)13(12)16/h3-5,10,16H,6-9H2,1-2H3. The van der Waals surface area contributed by atoms with E-state index in [1.54, 1.807) is 6.07 Å². The molecule has 1 aliphatic heterocycles. The largest absolute Gasteiger partial charge is 0.507 e. The number of hydrogen-bond acceptors (Lipinski definition) is 2. The summed E-state index contributed by atoms with van der Waals surface area (Å²) in [5, 5.41) is 9.90. The number of piperidine rings is 1. The first-order chi connectivity index (χ1) is 8.09. The van der Waals surface area contributed by atoms with Gasteiger partial charge in [-0.25, -0.2) is 0 Å². The van der Waals surface area contributed by atoms with E-state index in [1.807, 2.05) is 24.0 Å². The third-order valence-corrected chi connectivity index (χ3v) is 3.54. The van der Waals surface area contributed by atoms with Crippen LogP contribution in [-0.2, 0) is 0 Å². The van der Waals surface area contributed by atoms with Gasteiger partial charge < -0.3 is 10.0 Å². The fourth-order valence-electron chi connectivity index (χ4n) is 2.21. The normalized spacial score (nSPS) is 17.2. The molecule has 0 radical (unpaired) electrons. The molecule has 1 aromatic rings. The second kappa shape index (κ2) is 4.78. The lowest BCUT2D eigenvalue weighted by molar-refractivity contribution is 0.0694. The lowest BCUT2D eigenvalue weighted by Crippen LogP contribution is -2.37. The van der Waals surface area contributed by atoms with E-state index in [9.17, 15) is 9.90 Å². The maximum atomic E-state index is 12.2. The van der Waals surface area contributed by atoms with Gasteiger partial charge in [0.05, 0.1) is 5.56 Å². The number of hydrogen-bond donors (Lipinski definition) is 1. The highest BCUT2D eigenvalue weighted by Crippen LogP contribution is 2.25. The van der Waals surface area contributed by atoms with Crippen LogP contribution >= 0.6 is 0 Å². The van der Waals surface area contributed by atoms with E-state index in [-0.39, 0.29) is 11.7 Å². The number of aryl methyl sites for hydroxylation is 1. The van der Waals surface area contributed by atoms with Crippen LogP contribution in [0.15, 0.2) is 18.2 Å². The highest BCUT2D eigenvalue weighted by atomic mass is 16.3. The molecular formula is C14H19NO2. The molecule has 92 valence electrons. The fraction of sp³-hybridized carbons (Fsp3) is 0.500. The van der Waals surface area contributed by atoms with E-state index in [2.05, 4.69) is 6.92 Å². The zero-order chi connectivity index (χ0) is 12.4. The SMILES string of the molecule is Cc1cccc(C(=O)N2CCC(C)CC2)c1O. The molecule has 17 heavy (non-hydrogen) atoms. The second-order valence-electron chi connectivity index (χ2n) is 4.95. The number of phenols is 1. The van der Waals surface area contributed by atoms with Gasteiger partial charge in [0, 0.05) is 13.1 Å². The first-order valence-corrected chi connectivity index (χ1v) is 6.17. The van der Waals surface area contributed by atoms with Crippen molar-refractivity contribution in [2.24, 2.45) is 5.92 Å². The lowest BCUT2D eigenvalue weighted by Gasteiger charge is -2.30. The van der Waals surface area contributed by atoms with Crippen LogP contribution in [0.2, 0.25) is 0 Å². The molecule has 0 aliphatic carbocycles. The predicted octanol–water partition coefficient (Wildman–Crippen LogP) is 2.57. The topological polar surface area (TPSA) is 40.5 Å². The summed E-state index contributed by atoms with van der Waals surface area (Å²) in [6, 6.07) is 5.32. The molecule has 1 saturated heterocycles. The molecule has 0 unspecified atom stereocenters. The van der Waals surface area contributed by atoms with Gasteiger partial charge in [-0.3, -0.25) is 4.79 Å². The second-order valence-corrected chi connectivity index (χ2v) is 4.95. The van der Waals surface area contributed by atoms with Crippen LogP contribution in [-0.4, -0.2) is 29.0 Å². The summed E-state index contributed by atoms with van der Waals surface area (Å²) in [4.78, 5) is 14.1. The molecule has 1 heterocycles. The summed E-state index contributed by atoms with van der Waals surface area (Å²) in [5.41, 5.74) is 1.18. The number of phenolic OH excluding ortho intramolecular Hbond substituents is 1. The Morgan fingerprint density at radius 2 is 2.00 bits per heavy atom. The van der Waals surface area contributed by atoms with E-state index in [4.69, 9.17) is 0 Å². The van der Waals surface area contributed by atoms with Gasteiger partial charge in [-0.1, -0.05) is 19.1 Å². The van der Waals surface area contributed by atoms with Crippen molar-refractivity contribution in [3.63, 3.8) is 0 Å². The molecule has 3 heteroatoms. The van der Waals surface area contributed by atoms with Crippen LogP contribution in [0.25, 0.3) is 0 Å². The number of likely N-dealkylation sites (tertiary alicyclic amines) is 1.